The Morgan fingerprint density at radius 1 is 1.47 bits per heavy atom. The van der Waals surface area contributed by atoms with Crippen molar-refractivity contribution in [3.63, 3.8) is 0 Å². The summed E-state index contributed by atoms with van der Waals surface area (Å²) in [5.74, 6) is 0.824. The molecule has 2 aromatic rings. The average Bonchev–Trinajstić information content (AvgIpc) is 2.36. The van der Waals surface area contributed by atoms with Gasteiger partial charge in [0, 0.05) is 36.2 Å². The van der Waals surface area contributed by atoms with E-state index in [9.17, 15) is 4.79 Å². The number of rotatable bonds is 2. The summed E-state index contributed by atoms with van der Waals surface area (Å²) in [5, 5.41) is 3.66. The zero-order valence-corrected chi connectivity index (χ0v) is 12.0. The van der Waals surface area contributed by atoms with Gasteiger partial charge in [0.2, 0.25) is 11.9 Å². The molecule has 1 aliphatic rings. The van der Waals surface area contributed by atoms with Gasteiger partial charge in [-0.25, -0.2) is 9.97 Å². The number of halogens is 1. The van der Waals surface area contributed by atoms with Gasteiger partial charge in [-0.15, -0.1) is 0 Å². The molecular formula is C13H13BrN4O. The minimum absolute atomic E-state index is 0.0502. The van der Waals surface area contributed by atoms with E-state index in [2.05, 4.69) is 31.2 Å². The zero-order valence-electron chi connectivity index (χ0n) is 10.4. The number of nitrogens with one attached hydrogen (secondary N) is 1. The van der Waals surface area contributed by atoms with Gasteiger partial charge in [-0.1, -0.05) is 15.9 Å². The second kappa shape index (κ2) is 4.77. The molecule has 1 aromatic carbocycles. The highest BCUT2D eigenvalue weighted by Crippen LogP contribution is 2.24. The highest BCUT2D eigenvalue weighted by atomic mass is 79.9. The summed E-state index contributed by atoms with van der Waals surface area (Å²) >= 11 is 3.43. The number of nitrogens with zero attached hydrogens (tertiary/aromatic N) is 3. The third-order valence-electron chi connectivity index (χ3n) is 3.31. The molecule has 98 valence electrons. The van der Waals surface area contributed by atoms with E-state index in [1.807, 2.05) is 29.3 Å². The molecule has 6 heteroatoms. The molecule has 1 amide bonds. The Bertz CT molecular complexity index is 640. The van der Waals surface area contributed by atoms with Gasteiger partial charge in [0.05, 0.1) is 11.4 Å². The number of fused-ring (bicyclic) bond motifs is 1. The lowest BCUT2D eigenvalue weighted by Gasteiger charge is -2.37. The van der Waals surface area contributed by atoms with Crippen LogP contribution in [0, 0.1) is 5.92 Å². The minimum atomic E-state index is 0.0502. The number of aromatic nitrogens is 2. The maximum Gasteiger partial charge on any atom is 0.226 e. The zero-order chi connectivity index (χ0) is 13.4. The van der Waals surface area contributed by atoms with Crippen molar-refractivity contribution in [3.05, 3.63) is 28.9 Å². The summed E-state index contributed by atoms with van der Waals surface area (Å²) in [4.78, 5) is 22.3. The molecule has 1 fully saturated rings. The van der Waals surface area contributed by atoms with Gasteiger partial charge in [-0.2, -0.15) is 0 Å². The first-order valence-electron chi connectivity index (χ1n) is 6.06. The number of amides is 1. The number of anilines is 1. The van der Waals surface area contributed by atoms with Crippen LogP contribution in [0.5, 0.6) is 0 Å². The quantitative estimate of drug-likeness (QED) is 0.912. The topological polar surface area (TPSA) is 58.1 Å². The Labute approximate surface area is 119 Å². The normalized spacial score (nSPS) is 15.4. The molecule has 1 N–H and O–H groups in total. The molecule has 19 heavy (non-hydrogen) atoms. The second-order valence-corrected chi connectivity index (χ2v) is 5.50. The van der Waals surface area contributed by atoms with Crippen molar-refractivity contribution < 1.29 is 4.79 Å². The number of benzene rings is 1. The standard InChI is InChI=1S/C13H13BrN4O/c1-15-12(19)9-6-18(7-9)13-16-5-8-4-10(14)2-3-11(8)17-13/h2-5,9H,6-7H2,1H3,(H,15,19). The van der Waals surface area contributed by atoms with Crippen LogP contribution < -0.4 is 10.2 Å². The Balaban J connectivity index is 1.80. The van der Waals surface area contributed by atoms with E-state index in [-0.39, 0.29) is 11.8 Å². The minimum Gasteiger partial charge on any atom is -0.359 e. The lowest BCUT2D eigenvalue weighted by atomic mass is 10.00. The van der Waals surface area contributed by atoms with E-state index in [1.54, 1.807) is 7.05 Å². The summed E-state index contributed by atoms with van der Waals surface area (Å²) in [6.07, 6.45) is 1.82. The van der Waals surface area contributed by atoms with Crippen LogP contribution in [0.15, 0.2) is 28.9 Å². The highest BCUT2D eigenvalue weighted by Gasteiger charge is 2.33. The summed E-state index contributed by atoms with van der Waals surface area (Å²) in [6, 6.07) is 5.91. The smallest absolute Gasteiger partial charge is 0.226 e. The van der Waals surface area contributed by atoms with Gasteiger partial charge in [0.15, 0.2) is 0 Å². The second-order valence-electron chi connectivity index (χ2n) is 4.59. The first kappa shape index (κ1) is 12.3. The molecule has 1 saturated heterocycles. The fraction of sp³-hybridized carbons (Fsp3) is 0.308. The van der Waals surface area contributed by atoms with Crippen molar-refractivity contribution in [2.75, 3.05) is 25.0 Å². The van der Waals surface area contributed by atoms with Crippen molar-refractivity contribution >= 4 is 38.7 Å². The van der Waals surface area contributed by atoms with Gasteiger partial charge in [0.1, 0.15) is 0 Å². The fourth-order valence-corrected chi connectivity index (χ4v) is 2.54. The number of hydrogen-bond acceptors (Lipinski definition) is 4. The molecule has 0 bridgehead atoms. The maximum absolute atomic E-state index is 11.4. The fourth-order valence-electron chi connectivity index (χ4n) is 2.16. The van der Waals surface area contributed by atoms with Crippen LogP contribution in [-0.4, -0.2) is 36.0 Å². The third kappa shape index (κ3) is 2.28. The summed E-state index contributed by atoms with van der Waals surface area (Å²) < 4.78 is 1.01. The molecule has 0 radical (unpaired) electrons. The molecule has 0 atom stereocenters. The molecule has 1 aliphatic heterocycles. The van der Waals surface area contributed by atoms with Crippen molar-refractivity contribution in [1.29, 1.82) is 0 Å². The Hall–Kier alpha value is -1.69. The van der Waals surface area contributed by atoms with Crippen LogP contribution in [-0.2, 0) is 4.79 Å². The predicted molar refractivity (Wildman–Crippen MR) is 77.0 cm³/mol. The average molecular weight is 321 g/mol. The van der Waals surface area contributed by atoms with Crippen molar-refractivity contribution in [2.24, 2.45) is 5.92 Å². The number of carbonyl (C=O) groups is 1. The molecule has 0 unspecified atom stereocenters. The van der Waals surface area contributed by atoms with E-state index in [1.165, 1.54) is 0 Å². The van der Waals surface area contributed by atoms with E-state index < -0.39 is 0 Å². The lowest BCUT2D eigenvalue weighted by molar-refractivity contribution is -0.125. The van der Waals surface area contributed by atoms with Gasteiger partial charge in [-0.3, -0.25) is 4.79 Å². The Morgan fingerprint density at radius 3 is 3.00 bits per heavy atom. The Kier molecular flexibility index (Phi) is 3.10. The van der Waals surface area contributed by atoms with Crippen molar-refractivity contribution in [1.82, 2.24) is 15.3 Å². The molecule has 0 saturated carbocycles. The number of carbonyl (C=O) groups excluding carboxylic acids is 1. The molecular weight excluding hydrogens is 308 g/mol. The van der Waals surface area contributed by atoms with Gasteiger partial charge in [0.25, 0.3) is 0 Å². The monoisotopic (exact) mass is 320 g/mol. The van der Waals surface area contributed by atoms with E-state index >= 15 is 0 Å². The molecule has 1 aromatic heterocycles. The lowest BCUT2D eigenvalue weighted by Crippen LogP contribution is -2.53. The van der Waals surface area contributed by atoms with Crippen molar-refractivity contribution in [3.8, 4) is 0 Å². The number of hydrogen-bond donors (Lipinski definition) is 1. The van der Waals surface area contributed by atoms with Gasteiger partial charge in [-0.05, 0) is 18.2 Å². The van der Waals surface area contributed by atoms with Crippen molar-refractivity contribution in [2.45, 2.75) is 0 Å². The van der Waals surface area contributed by atoms with Crippen LogP contribution in [0.4, 0.5) is 5.95 Å². The van der Waals surface area contributed by atoms with Crippen LogP contribution >= 0.6 is 15.9 Å². The first-order chi connectivity index (χ1) is 9.17. The molecule has 0 aliphatic carbocycles. The molecule has 5 nitrogen and oxygen atoms in total. The van der Waals surface area contributed by atoms with Crippen LogP contribution in [0.1, 0.15) is 0 Å². The summed E-state index contributed by atoms with van der Waals surface area (Å²) in [6.45, 7) is 1.36. The Morgan fingerprint density at radius 2 is 2.26 bits per heavy atom. The van der Waals surface area contributed by atoms with Crippen LogP contribution in [0.3, 0.4) is 0 Å². The SMILES string of the molecule is CNC(=O)C1CN(c2ncc3cc(Br)ccc3n2)C1. The highest BCUT2D eigenvalue weighted by molar-refractivity contribution is 9.10. The first-order valence-corrected chi connectivity index (χ1v) is 6.85. The third-order valence-corrected chi connectivity index (χ3v) is 3.80. The van der Waals surface area contributed by atoms with E-state index in [0.717, 1.165) is 15.4 Å². The van der Waals surface area contributed by atoms with E-state index in [4.69, 9.17) is 0 Å². The molecule has 0 spiro atoms. The van der Waals surface area contributed by atoms with Gasteiger partial charge < -0.3 is 10.2 Å². The van der Waals surface area contributed by atoms with Crippen LogP contribution in [0.25, 0.3) is 10.9 Å². The molecule has 2 heterocycles. The maximum atomic E-state index is 11.4. The largest absolute Gasteiger partial charge is 0.359 e. The van der Waals surface area contributed by atoms with E-state index in [0.29, 0.717) is 19.0 Å². The summed E-state index contributed by atoms with van der Waals surface area (Å²) in [5.41, 5.74) is 0.914. The predicted octanol–water partition coefficient (Wildman–Crippen LogP) is 1.57. The molecule has 3 rings (SSSR count). The van der Waals surface area contributed by atoms with Crippen LogP contribution in [0.2, 0.25) is 0 Å². The summed E-state index contributed by atoms with van der Waals surface area (Å²) in [7, 11) is 1.66. The van der Waals surface area contributed by atoms with Gasteiger partial charge >= 0.3 is 0 Å².